The summed E-state index contributed by atoms with van der Waals surface area (Å²) in [6, 6.07) is 18.1. The minimum atomic E-state index is -0.158. The van der Waals surface area contributed by atoms with Gasteiger partial charge >= 0.3 is 11.9 Å². The lowest BCUT2D eigenvalue weighted by atomic mass is 9.77. The van der Waals surface area contributed by atoms with E-state index in [9.17, 15) is 9.59 Å². The second-order valence-corrected chi connectivity index (χ2v) is 14.2. The van der Waals surface area contributed by atoms with Crippen LogP contribution in [0.5, 0.6) is 0 Å². The number of hydrogen-bond donors (Lipinski definition) is 0. The van der Waals surface area contributed by atoms with E-state index in [-0.39, 0.29) is 11.9 Å². The van der Waals surface area contributed by atoms with E-state index in [2.05, 4.69) is 83.7 Å². The molecule has 48 heavy (non-hydrogen) atoms. The largest absolute Gasteiger partial charge is 0.469 e. The maximum Gasteiger partial charge on any atom is 0.305 e. The minimum absolute atomic E-state index is 0.0898. The molecule has 2 fully saturated rings. The first-order valence-corrected chi connectivity index (χ1v) is 19.3. The van der Waals surface area contributed by atoms with Crippen molar-refractivity contribution in [1.82, 2.24) is 0 Å². The van der Waals surface area contributed by atoms with E-state index >= 15 is 0 Å². The molecule has 0 N–H and O–H groups in total. The van der Waals surface area contributed by atoms with Gasteiger partial charge in [0.15, 0.2) is 0 Å². The number of rotatable bonds is 15. The average molecular weight is 657 g/mol. The van der Waals surface area contributed by atoms with E-state index in [1.54, 1.807) is 5.56 Å². The molecule has 4 heteroatoms. The van der Waals surface area contributed by atoms with E-state index in [1.807, 2.05) is 0 Å². The Morgan fingerprint density at radius 2 is 1.10 bits per heavy atom. The van der Waals surface area contributed by atoms with Crippen LogP contribution in [0.2, 0.25) is 0 Å². The summed E-state index contributed by atoms with van der Waals surface area (Å²) in [5.41, 5.74) is 5.51. The van der Waals surface area contributed by atoms with E-state index in [4.69, 9.17) is 0 Å². The zero-order valence-electron chi connectivity index (χ0n) is 30.7. The van der Waals surface area contributed by atoms with Crippen LogP contribution < -0.4 is 0 Å². The number of hydrogen-bond acceptors (Lipinski definition) is 4. The van der Waals surface area contributed by atoms with Crippen molar-refractivity contribution in [2.45, 2.75) is 154 Å². The molecule has 2 aliphatic rings. The van der Waals surface area contributed by atoms with Crippen molar-refractivity contribution in [2.24, 2.45) is 11.8 Å². The smallest absolute Gasteiger partial charge is 0.305 e. The van der Waals surface area contributed by atoms with Crippen LogP contribution in [0.4, 0.5) is 0 Å². The second kappa shape index (κ2) is 23.3. The number of benzene rings is 2. The van der Waals surface area contributed by atoms with Crippen LogP contribution in [-0.4, -0.2) is 26.2 Å². The van der Waals surface area contributed by atoms with Crippen LogP contribution in [0.25, 0.3) is 0 Å². The molecule has 0 aromatic heterocycles. The molecule has 4 nitrogen and oxygen atoms in total. The Morgan fingerprint density at radius 1 is 0.625 bits per heavy atom. The number of esters is 2. The first kappa shape index (κ1) is 39.4. The summed E-state index contributed by atoms with van der Waals surface area (Å²) in [5, 5.41) is 0. The molecule has 2 saturated carbocycles. The minimum Gasteiger partial charge on any atom is -0.469 e. The predicted octanol–water partition coefficient (Wildman–Crippen LogP) is 11.5. The maximum absolute atomic E-state index is 11.1. The van der Waals surface area contributed by atoms with Gasteiger partial charge in [0.2, 0.25) is 0 Å². The molecule has 0 atom stereocenters. The van der Waals surface area contributed by atoms with E-state index in [0.29, 0.717) is 12.8 Å². The Balaban J connectivity index is 0.000000260. The number of unbranched alkanes of at least 4 members (excludes halogenated alkanes) is 3. The lowest BCUT2D eigenvalue weighted by Gasteiger charge is -2.28. The molecule has 2 aromatic carbocycles. The molecule has 264 valence electrons. The highest BCUT2D eigenvalue weighted by molar-refractivity contribution is 5.69. The summed E-state index contributed by atoms with van der Waals surface area (Å²) in [7, 11) is 2.88. The zero-order chi connectivity index (χ0) is 34.4. The lowest BCUT2D eigenvalue weighted by molar-refractivity contribution is -0.141. The Labute approximate surface area is 293 Å². The molecule has 0 bridgehead atoms. The van der Waals surface area contributed by atoms with Gasteiger partial charge in [0.1, 0.15) is 0 Å². The van der Waals surface area contributed by atoms with Gasteiger partial charge in [-0.2, -0.15) is 0 Å². The highest BCUT2D eigenvalue weighted by atomic mass is 16.5. The first-order chi connectivity index (χ1) is 23.4. The molecule has 0 aliphatic heterocycles. The summed E-state index contributed by atoms with van der Waals surface area (Å²) in [4.78, 5) is 22.1. The zero-order valence-corrected chi connectivity index (χ0v) is 30.7. The van der Waals surface area contributed by atoms with Gasteiger partial charge < -0.3 is 9.47 Å². The van der Waals surface area contributed by atoms with Crippen LogP contribution in [-0.2, 0) is 25.5 Å². The fourth-order valence-electron chi connectivity index (χ4n) is 7.65. The van der Waals surface area contributed by atoms with Crippen molar-refractivity contribution < 1.29 is 19.1 Å². The van der Waals surface area contributed by atoms with Gasteiger partial charge in [0.05, 0.1) is 14.2 Å². The van der Waals surface area contributed by atoms with Gasteiger partial charge in [-0.25, -0.2) is 0 Å². The molecule has 0 amide bonds. The van der Waals surface area contributed by atoms with Crippen LogP contribution >= 0.6 is 0 Å². The fourth-order valence-corrected chi connectivity index (χ4v) is 7.65. The van der Waals surface area contributed by atoms with Crippen molar-refractivity contribution in [3.63, 3.8) is 0 Å². The summed E-state index contributed by atoms with van der Waals surface area (Å²) in [6.07, 6.45) is 23.3. The number of aryl methyl sites for hydroxylation is 1. The number of carbonyl (C=O) groups excluding carboxylic acids is 2. The molecular weight excluding hydrogens is 592 g/mol. The van der Waals surface area contributed by atoms with Crippen LogP contribution in [0.15, 0.2) is 48.5 Å². The highest BCUT2D eigenvalue weighted by Gasteiger charge is 2.22. The van der Waals surface area contributed by atoms with Crippen molar-refractivity contribution in [3.05, 3.63) is 70.8 Å². The molecule has 4 rings (SSSR count). The molecule has 2 aromatic rings. The van der Waals surface area contributed by atoms with Crippen LogP contribution in [0.1, 0.15) is 170 Å². The normalized spacial score (nSPS) is 20.4. The third-order valence-corrected chi connectivity index (χ3v) is 10.6. The lowest BCUT2D eigenvalue weighted by Crippen LogP contribution is -2.13. The molecule has 0 spiro atoms. The third-order valence-electron chi connectivity index (χ3n) is 10.6. The van der Waals surface area contributed by atoms with Gasteiger partial charge in [-0.15, -0.1) is 0 Å². The highest BCUT2D eigenvalue weighted by Crippen LogP contribution is 2.38. The topological polar surface area (TPSA) is 52.6 Å². The number of ether oxygens (including phenoxy) is 2. The van der Waals surface area contributed by atoms with Crippen molar-refractivity contribution in [1.29, 1.82) is 0 Å². The van der Waals surface area contributed by atoms with Gasteiger partial charge in [-0.3, -0.25) is 9.59 Å². The van der Waals surface area contributed by atoms with Crippen molar-refractivity contribution in [3.8, 4) is 11.8 Å². The Morgan fingerprint density at radius 3 is 1.58 bits per heavy atom. The fraction of sp³-hybridized carbons (Fsp3) is 0.636. The molecule has 0 heterocycles. The average Bonchev–Trinajstić information content (AvgIpc) is 3.13. The van der Waals surface area contributed by atoms with E-state index in [0.717, 1.165) is 67.8 Å². The van der Waals surface area contributed by atoms with Crippen LogP contribution in [0.3, 0.4) is 0 Å². The standard InChI is InChI=1S/C22H34O2.C22H30O2/c2*1-3-7-18-10-14-20(15-11-18)21-16-12-19(13-17-21)8-5-4-6-9-22(23)24-2/h12-13,16-18,20H,3-11,14-15H2,1-2H3;12-13,16-18,20H,3-4,6-7,9-11,14-15H2,1-2H3. The molecular formula is C44H64O4. The SMILES string of the molecule is CCCC1CCC(c2ccc(C#CCCCC(=O)OC)cc2)CC1.CCCC1CCC(c2ccc(CCCCCC(=O)OC)cc2)CC1. The van der Waals surface area contributed by atoms with Gasteiger partial charge in [0.25, 0.3) is 0 Å². The second-order valence-electron chi connectivity index (χ2n) is 14.2. The van der Waals surface area contributed by atoms with E-state index in [1.165, 1.54) is 102 Å². The molecule has 0 saturated heterocycles. The maximum atomic E-state index is 11.1. The third kappa shape index (κ3) is 15.0. The van der Waals surface area contributed by atoms with E-state index < -0.39 is 0 Å². The summed E-state index contributed by atoms with van der Waals surface area (Å²) in [6.45, 7) is 4.60. The number of carbonyl (C=O) groups is 2. The summed E-state index contributed by atoms with van der Waals surface area (Å²) in [5.74, 6) is 9.55. The first-order valence-electron chi connectivity index (χ1n) is 19.3. The predicted molar refractivity (Wildman–Crippen MR) is 199 cm³/mol. The summed E-state index contributed by atoms with van der Waals surface area (Å²) < 4.78 is 9.29. The van der Waals surface area contributed by atoms with Gasteiger partial charge in [-0.05, 0) is 130 Å². The van der Waals surface area contributed by atoms with Crippen molar-refractivity contribution >= 4 is 11.9 Å². The number of methoxy groups -OCH3 is 2. The van der Waals surface area contributed by atoms with Crippen molar-refractivity contribution in [2.75, 3.05) is 14.2 Å². The van der Waals surface area contributed by atoms with Gasteiger partial charge in [-0.1, -0.05) is 94.2 Å². The molecule has 2 aliphatic carbocycles. The van der Waals surface area contributed by atoms with Crippen LogP contribution in [0, 0.1) is 23.7 Å². The quantitative estimate of drug-likeness (QED) is 0.109. The van der Waals surface area contributed by atoms with Gasteiger partial charge in [0, 0.05) is 24.8 Å². The monoisotopic (exact) mass is 656 g/mol. The molecule has 0 unspecified atom stereocenters. The molecule has 0 radical (unpaired) electrons. The Hall–Kier alpha value is -3.06. The Bertz CT molecular complexity index is 1220. The summed E-state index contributed by atoms with van der Waals surface area (Å²) >= 11 is 0. The Kier molecular flexibility index (Phi) is 19.1.